The Morgan fingerprint density at radius 1 is 1.25 bits per heavy atom. The molecule has 3 rings (SSSR count). The zero-order chi connectivity index (χ0) is 17.1. The molecule has 2 heterocycles. The number of hydrogen-bond acceptors (Lipinski definition) is 5. The molecule has 2 aromatic rings. The van der Waals surface area contributed by atoms with Gasteiger partial charge in [0.25, 0.3) is 0 Å². The summed E-state index contributed by atoms with van der Waals surface area (Å²) in [4.78, 5) is 11.1. The van der Waals surface area contributed by atoms with E-state index in [2.05, 4.69) is 72.3 Å². The average molecular weight is 343 g/mol. The van der Waals surface area contributed by atoms with Crippen LogP contribution in [0.15, 0.2) is 34.8 Å². The van der Waals surface area contributed by atoms with Gasteiger partial charge in [-0.15, -0.1) is 11.3 Å². The molecule has 0 aliphatic carbocycles. The van der Waals surface area contributed by atoms with Crippen LogP contribution in [0, 0.1) is 5.92 Å². The fourth-order valence-electron chi connectivity index (χ4n) is 2.84. The van der Waals surface area contributed by atoms with Gasteiger partial charge in [-0.2, -0.15) is 0 Å². The smallest absolute Gasteiger partial charge is 0.102 e. The lowest BCUT2D eigenvalue weighted by Gasteiger charge is -2.31. The highest BCUT2D eigenvalue weighted by molar-refractivity contribution is 7.16. The summed E-state index contributed by atoms with van der Waals surface area (Å²) in [5.74, 6) is 0.747. The maximum atomic E-state index is 4.61. The Labute approximate surface area is 148 Å². The molecule has 1 N–H and O–H groups in total. The zero-order valence-corrected chi connectivity index (χ0v) is 15.7. The van der Waals surface area contributed by atoms with E-state index in [9.17, 15) is 0 Å². The molecule has 1 aliphatic heterocycles. The Hall–Kier alpha value is -1.72. The highest BCUT2D eigenvalue weighted by Crippen LogP contribution is 2.26. The highest BCUT2D eigenvalue weighted by Gasteiger charge is 2.18. The van der Waals surface area contributed by atoms with E-state index in [1.807, 2.05) is 11.8 Å². The lowest BCUT2D eigenvalue weighted by molar-refractivity contribution is 0.319. The number of rotatable bonds is 6. The summed E-state index contributed by atoms with van der Waals surface area (Å²) in [6.07, 6.45) is 6.75. The minimum atomic E-state index is 0.178. The van der Waals surface area contributed by atoms with Crippen LogP contribution in [0.25, 0.3) is 15.9 Å². The Kier molecular flexibility index (Phi) is 5.31. The summed E-state index contributed by atoms with van der Waals surface area (Å²) in [5, 5.41) is 3.70. The first-order chi connectivity index (χ1) is 11.5. The van der Waals surface area contributed by atoms with Gasteiger partial charge in [0.15, 0.2) is 0 Å². The van der Waals surface area contributed by atoms with Gasteiger partial charge in [0.05, 0.1) is 27.8 Å². The Morgan fingerprint density at radius 3 is 2.88 bits per heavy atom. The SMILES string of the molecule is CC(C)CCC(C)NC1C=C(c2ccc3ncsc3c2)N=CN1C. The monoisotopic (exact) mass is 342 g/mol. The van der Waals surface area contributed by atoms with Crippen LogP contribution in [0.3, 0.4) is 0 Å². The minimum Gasteiger partial charge on any atom is -0.346 e. The number of fused-ring (bicyclic) bond motifs is 1. The maximum Gasteiger partial charge on any atom is 0.102 e. The van der Waals surface area contributed by atoms with Crippen molar-refractivity contribution in [2.75, 3.05) is 7.05 Å². The van der Waals surface area contributed by atoms with E-state index < -0.39 is 0 Å². The molecule has 0 saturated carbocycles. The van der Waals surface area contributed by atoms with Crippen molar-refractivity contribution in [2.45, 2.75) is 45.8 Å². The van der Waals surface area contributed by atoms with Gasteiger partial charge >= 0.3 is 0 Å². The molecule has 0 radical (unpaired) electrons. The highest BCUT2D eigenvalue weighted by atomic mass is 32.1. The second-order valence-electron chi connectivity index (χ2n) is 6.98. The standard InChI is InChI=1S/C19H26N4S/c1-13(2)5-6-14(3)22-19-10-17(20-11-23(19)4)15-7-8-16-18(9-15)24-12-21-16/h7-14,19,22H,5-6H2,1-4H3. The van der Waals surface area contributed by atoms with E-state index in [0.29, 0.717) is 6.04 Å². The van der Waals surface area contributed by atoms with Crippen molar-refractivity contribution in [1.82, 2.24) is 15.2 Å². The molecular weight excluding hydrogens is 316 g/mol. The predicted octanol–water partition coefficient (Wildman–Crippen LogP) is 4.35. The van der Waals surface area contributed by atoms with E-state index in [4.69, 9.17) is 0 Å². The summed E-state index contributed by atoms with van der Waals surface area (Å²) in [6, 6.07) is 6.84. The van der Waals surface area contributed by atoms with Gasteiger partial charge < -0.3 is 4.90 Å². The third kappa shape index (κ3) is 4.02. The van der Waals surface area contributed by atoms with Crippen LogP contribution in [0.1, 0.15) is 39.2 Å². The van der Waals surface area contributed by atoms with E-state index in [1.165, 1.54) is 17.5 Å². The van der Waals surface area contributed by atoms with E-state index in [-0.39, 0.29) is 6.17 Å². The maximum absolute atomic E-state index is 4.61. The molecule has 2 unspecified atom stereocenters. The van der Waals surface area contributed by atoms with E-state index in [1.54, 1.807) is 11.3 Å². The second kappa shape index (κ2) is 7.45. The van der Waals surface area contributed by atoms with Crippen LogP contribution in [0.4, 0.5) is 0 Å². The van der Waals surface area contributed by atoms with Crippen molar-refractivity contribution in [1.29, 1.82) is 0 Å². The van der Waals surface area contributed by atoms with Crippen molar-refractivity contribution in [2.24, 2.45) is 10.9 Å². The van der Waals surface area contributed by atoms with Crippen molar-refractivity contribution < 1.29 is 0 Å². The third-order valence-corrected chi connectivity index (χ3v) is 5.18. The van der Waals surface area contributed by atoms with Gasteiger partial charge in [0.2, 0.25) is 0 Å². The molecule has 0 amide bonds. The Balaban J connectivity index is 1.74. The quantitative estimate of drug-likeness (QED) is 0.848. The van der Waals surface area contributed by atoms with Crippen LogP contribution >= 0.6 is 11.3 Å². The lowest BCUT2D eigenvalue weighted by atomic mass is 10.0. The fourth-order valence-corrected chi connectivity index (χ4v) is 3.56. The number of nitrogens with zero attached hydrogens (tertiary/aromatic N) is 3. The largest absolute Gasteiger partial charge is 0.346 e. The van der Waals surface area contributed by atoms with Gasteiger partial charge in [-0.1, -0.05) is 19.9 Å². The fraction of sp³-hybridized carbons (Fsp3) is 0.474. The average Bonchev–Trinajstić information content (AvgIpc) is 3.02. The van der Waals surface area contributed by atoms with E-state index in [0.717, 1.165) is 22.7 Å². The number of likely N-dealkylation sites (N-methyl/N-ethyl adjacent to an activating group) is 1. The molecule has 4 nitrogen and oxygen atoms in total. The number of benzene rings is 1. The molecule has 2 atom stereocenters. The number of hydrogen-bond donors (Lipinski definition) is 1. The molecule has 1 aromatic heterocycles. The predicted molar refractivity (Wildman–Crippen MR) is 104 cm³/mol. The number of thiazole rings is 1. The normalized spacial score (nSPS) is 19.1. The lowest BCUT2D eigenvalue weighted by Crippen LogP contribution is -2.46. The molecule has 1 aromatic carbocycles. The molecule has 24 heavy (non-hydrogen) atoms. The molecule has 0 bridgehead atoms. The van der Waals surface area contributed by atoms with E-state index >= 15 is 0 Å². The summed E-state index contributed by atoms with van der Waals surface area (Å²) in [7, 11) is 2.07. The molecule has 0 saturated heterocycles. The Bertz CT molecular complexity index is 747. The first-order valence-corrected chi connectivity index (χ1v) is 9.48. The summed E-state index contributed by atoms with van der Waals surface area (Å²) in [5.41, 5.74) is 5.12. The number of aliphatic imine (C=N–C) groups is 1. The topological polar surface area (TPSA) is 40.5 Å². The van der Waals surface area contributed by atoms with Crippen molar-refractivity contribution in [3.63, 3.8) is 0 Å². The summed E-state index contributed by atoms with van der Waals surface area (Å²) < 4.78 is 1.21. The van der Waals surface area contributed by atoms with Gasteiger partial charge in [-0.05, 0) is 43.9 Å². The van der Waals surface area contributed by atoms with Gasteiger partial charge in [0.1, 0.15) is 6.17 Å². The first kappa shape index (κ1) is 17.1. The van der Waals surface area contributed by atoms with Gasteiger partial charge in [-0.3, -0.25) is 5.32 Å². The third-order valence-electron chi connectivity index (χ3n) is 4.39. The van der Waals surface area contributed by atoms with Crippen LogP contribution in [0.2, 0.25) is 0 Å². The number of nitrogens with one attached hydrogen (secondary N) is 1. The number of aromatic nitrogens is 1. The zero-order valence-electron chi connectivity index (χ0n) is 14.9. The minimum absolute atomic E-state index is 0.178. The van der Waals surface area contributed by atoms with Crippen LogP contribution in [-0.4, -0.2) is 35.5 Å². The van der Waals surface area contributed by atoms with Crippen LogP contribution in [-0.2, 0) is 0 Å². The van der Waals surface area contributed by atoms with Crippen molar-refractivity contribution >= 4 is 33.6 Å². The van der Waals surface area contributed by atoms with Crippen LogP contribution in [0.5, 0.6) is 0 Å². The summed E-state index contributed by atoms with van der Waals surface area (Å²) in [6.45, 7) is 6.82. The van der Waals surface area contributed by atoms with Crippen molar-refractivity contribution in [3.05, 3.63) is 35.3 Å². The molecule has 5 heteroatoms. The molecular formula is C19H26N4S. The molecule has 0 fully saturated rings. The summed E-state index contributed by atoms with van der Waals surface area (Å²) >= 11 is 1.67. The van der Waals surface area contributed by atoms with Crippen molar-refractivity contribution in [3.8, 4) is 0 Å². The molecule has 0 spiro atoms. The van der Waals surface area contributed by atoms with Crippen LogP contribution < -0.4 is 5.32 Å². The second-order valence-corrected chi connectivity index (χ2v) is 7.87. The Morgan fingerprint density at radius 2 is 2.08 bits per heavy atom. The first-order valence-electron chi connectivity index (χ1n) is 8.60. The van der Waals surface area contributed by atoms with Gasteiger partial charge in [0, 0.05) is 18.7 Å². The van der Waals surface area contributed by atoms with Gasteiger partial charge in [-0.25, -0.2) is 9.98 Å². The molecule has 1 aliphatic rings. The molecule has 128 valence electrons.